The molecule has 130 valence electrons. The molecule has 4 N–H and O–H groups in total. The number of aromatic amines is 1. The number of halogens is 1. The van der Waals surface area contributed by atoms with Gasteiger partial charge in [0.2, 0.25) is 5.91 Å². The number of aromatic nitrogens is 3. The Kier molecular flexibility index (Phi) is 4.32. The van der Waals surface area contributed by atoms with Gasteiger partial charge in [-0.15, -0.1) is 16.4 Å². The number of nitrogens with two attached hydrogens (primary N) is 1. The highest BCUT2D eigenvalue weighted by Gasteiger charge is 2.16. The zero-order valence-electron chi connectivity index (χ0n) is 13.5. The van der Waals surface area contributed by atoms with E-state index in [-0.39, 0.29) is 6.42 Å². The molecule has 26 heavy (non-hydrogen) atoms. The van der Waals surface area contributed by atoms with E-state index in [9.17, 15) is 4.79 Å². The number of carbonyl (C=O) groups excluding carboxylic acids is 1. The molecular weight excluding hydrogens is 370 g/mol. The first-order chi connectivity index (χ1) is 12.6. The minimum absolute atomic E-state index is 0.0451. The van der Waals surface area contributed by atoms with Gasteiger partial charge in [0.05, 0.1) is 22.5 Å². The molecule has 0 aliphatic heterocycles. The van der Waals surface area contributed by atoms with Gasteiger partial charge >= 0.3 is 0 Å². The first-order valence-corrected chi connectivity index (χ1v) is 9.03. The Hall–Kier alpha value is -2.90. The van der Waals surface area contributed by atoms with Crippen LogP contribution in [0.2, 0.25) is 5.02 Å². The molecule has 0 fully saturated rings. The molecule has 0 saturated heterocycles. The van der Waals surface area contributed by atoms with Crippen molar-refractivity contribution in [2.75, 3.05) is 5.32 Å². The molecule has 3 heterocycles. The second-order valence-corrected chi connectivity index (χ2v) is 7.22. The van der Waals surface area contributed by atoms with Crippen molar-refractivity contribution in [2.24, 2.45) is 5.73 Å². The molecule has 1 aromatic carbocycles. The number of carbonyl (C=O) groups is 1. The van der Waals surface area contributed by atoms with Gasteiger partial charge in [-0.2, -0.15) is 5.10 Å². The summed E-state index contributed by atoms with van der Waals surface area (Å²) in [7, 11) is 0. The number of thiophene rings is 1. The summed E-state index contributed by atoms with van der Waals surface area (Å²) < 4.78 is 0.881. The van der Waals surface area contributed by atoms with Crippen LogP contribution in [0.15, 0.2) is 48.8 Å². The van der Waals surface area contributed by atoms with Gasteiger partial charge in [0.15, 0.2) is 5.82 Å². The molecule has 0 aliphatic carbocycles. The quantitative estimate of drug-likeness (QED) is 0.483. The molecule has 1 amide bonds. The average Bonchev–Trinajstić information content (AvgIpc) is 3.26. The van der Waals surface area contributed by atoms with Crippen molar-refractivity contribution >= 4 is 50.4 Å². The molecule has 4 rings (SSSR count). The van der Waals surface area contributed by atoms with E-state index in [2.05, 4.69) is 20.5 Å². The summed E-state index contributed by atoms with van der Waals surface area (Å²) in [6.07, 6.45) is 3.69. The summed E-state index contributed by atoms with van der Waals surface area (Å²) in [5, 5.41) is 13.3. The number of nitrogens with one attached hydrogen (secondary N) is 2. The normalized spacial score (nSPS) is 11.0. The van der Waals surface area contributed by atoms with Crippen LogP contribution >= 0.6 is 22.9 Å². The van der Waals surface area contributed by atoms with Gasteiger partial charge in [-0.25, -0.2) is 0 Å². The monoisotopic (exact) mass is 383 g/mol. The Bertz CT molecular complexity index is 1090. The Morgan fingerprint density at radius 2 is 2.15 bits per heavy atom. The van der Waals surface area contributed by atoms with Gasteiger partial charge in [-0.3, -0.25) is 4.79 Å². The summed E-state index contributed by atoms with van der Waals surface area (Å²) >= 11 is 7.66. The van der Waals surface area contributed by atoms with E-state index in [1.54, 1.807) is 0 Å². The number of nitrogens with zero attached hydrogens (tertiary/aromatic N) is 2. The van der Waals surface area contributed by atoms with E-state index >= 15 is 0 Å². The number of hydrogen-bond acceptors (Lipinski definition) is 5. The largest absolute Gasteiger partial charge is 0.369 e. The summed E-state index contributed by atoms with van der Waals surface area (Å²) in [6, 6.07) is 11.6. The fourth-order valence-electron chi connectivity index (χ4n) is 2.69. The summed E-state index contributed by atoms with van der Waals surface area (Å²) in [5.41, 5.74) is 7.81. The van der Waals surface area contributed by atoms with Crippen molar-refractivity contribution in [1.82, 2.24) is 15.2 Å². The maximum absolute atomic E-state index is 11.4. The zero-order chi connectivity index (χ0) is 18.1. The third kappa shape index (κ3) is 3.26. The van der Waals surface area contributed by atoms with E-state index in [0.717, 1.165) is 26.2 Å². The maximum atomic E-state index is 11.4. The minimum Gasteiger partial charge on any atom is -0.369 e. The van der Waals surface area contributed by atoms with Crippen LogP contribution in [0, 0.1) is 0 Å². The number of H-pyrrole nitrogens is 1. The van der Waals surface area contributed by atoms with Crippen LogP contribution in [-0.4, -0.2) is 21.1 Å². The maximum Gasteiger partial charge on any atom is 0.223 e. The van der Waals surface area contributed by atoms with Crippen molar-refractivity contribution in [3.8, 4) is 10.4 Å². The number of benzene rings is 1. The predicted molar refractivity (Wildman–Crippen MR) is 105 cm³/mol. The van der Waals surface area contributed by atoms with Crippen molar-refractivity contribution in [3.63, 3.8) is 0 Å². The lowest BCUT2D eigenvalue weighted by molar-refractivity contribution is -0.117. The van der Waals surface area contributed by atoms with Gasteiger partial charge in [0.25, 0.3) is 0 Å². The number of amides is 1. The Morgan fingerprint density at radius 1 is 1.27 bits per heavy atom. The smallest absolute Gasteiger partial charge is 0.223 e. The Labute approximate surface area is 158 Å². The van der Waals surface area contributed by atoms with E-state index in [1.807, 2.05) is 48.8 Å². The van der Waals surface area contributed by atoms with Crippen molar-refractivity contribution < 1.29 is 4.79 Å². The number of fused-ring (bicyclic) bond motifs is 1. The van der Waals surface area contributed by atoms with Crippen molar-refractivity contribution in [2.45, 2.75) is 6.42 Å². The minimum atomic E-state index is -0.440. The van der Waals surface area contributed by atoms with Gasteiger partial charge in [0.1, 0.15) is 0 Å². The molecule has 0 bridgehead atoms. The first kappa shape index (κ1) is 16.6. The molecule has 0 spiro atoms. The van der Waals surface area contributed by atoms with Gasteiger partial charge in [-0.1, -0.05) is 23.7 Å². The lowest BCUT2D eigenvalue weighted by Crippen LogP contribution is -2.15. The van der Waals surface area contributed by atoms with Crippen LogP contribution in [-0.2, 0) is 11.2 Å². The highest BCUT2D eigenvalue weighted by Crippen LogP contribution is 2.38. The lowest BCUT2D eigenvalue weighted by Gasteiger charge is -2.05. The standard InChI is InChI=1S/C18H14ClN5OS/c19-11-3-1-2-10(6-11)15-7-13-17(26-15)14(8-16(20)25)23-24-18(13)22-12-4-5-21-9-12/h1-7,9,21H,8H2,(H2,20,25)(H,22,24). The van der Waals surface area contributed by atoms with Crippen LogP contribution in [0.3, 0.4) is 0 Å². The van der Waals surface area contributed by atoms with Crippen LogP contribution in [0.4, 0.5) is 11.5 Å². The van der Waals surface area contributed by atoms with Crippen molar-refractivity contribution in [3.05, 3.63) is 59.5 Å². The van der Waals surface area contributed by atoms with E-state index in [1.165, 1.54) is 11.3 Å². The highest BCUT2D eigenvalue weighted by atomic mass is 35.5. The number of primary amides is 1. The second kappa shape index (κ2) is 6.78. The van der Waals surface area contributed by atoms with Gasteiger partial charge in [0, 0.05) is 27.7 Å². The molecule has 6 nitrogen and oxygen atoms in total. The summed E-state index contributed by atoms with van der Waals surface area (Å²) in [6.45, 7) is 0. The second-order valence-electron chi connectivity index (χ2n) is 5.73. The topological polar surface area (TPSA) is 96.7 Å². The molecule has 0 aliphatic rings. The number of anilines is 2. The fourth-order valence-corrected chi connectivity index (χ4v) is 4.01. The highest BCUT2D eigenvalue weighted by molar-refractivity contribution is 7.22. The van der Waals surface area contributed by atoms with Gasteiger partial charge in [-0.05, 0) is 29.8 Å². The van der Waals surface area contributed by atoms with Crippen LogP contribution in [0.1, 0.15) is 5.69 Å². The number of hydrogen-bond donors (Lipinski definition) is 3. The summed E-state index contributed by atoms with van der Waals surface area (Å²) in [4.78, 5) is 15.4. The van der Waals surface area contributed by atoms with Crippen molar-refractivity contribution in [1.29, 1.82) is 0 Å². The van der Waals surface area contributed by atoms with Crippen LogP contribution < -0.4 is 11.1 Å². The molecule has 0 unspecified atom stereocenters. The van der Waals surface area contributed by atoms with Gasteiger partial charge < -0.3 is 16.0 Å². The molecule has 4 aromatic rings. The van der Waals surface area contributed by atoms with E-state index in [4.69, 9.17) is 17.3 Å². The molecule has 3 aromatic heterocycles. The third-order valence-electron chi connectivity index (χ3n) is 3.83. The Balaban J connectivity index is 1.86. The number of rotatable bonds is 5. The SMILES string of the molecule is NC(=O)Cc1nnc(Nc2cc[nH]c2)c2cc(-c3cccc(Cl)c3)sc12. The third-order valence-corrected chi connectivity index (χ3v) is 5.30. The lowest BCUT2D eigenvalue weighted by atomic mass is 10.1. The molecule has 8 heteroatoms. The summed E-state index contributed by atoms with van der Waals surface area (Å²) in [5.74, 6) is 0.182. The zero-order valence-corrected chi connectivity index (χ0v) is 15.1. The fraction of sp³-hybridized carbons (Fsp3) is 0.0556. The molecule has 0 atom stereocenters. The molecule has 0 saturated carbocycles. The molecular formula is C18H14ClN5OS. The Morgan fingerprint density at radius 3 is 2.88 bits per heavy atom. The van der Waals surface area contributed by atoms with Crippen LogP contribution in [0.25, 0.3) is 20.5 Å². The van der Waals surface area contributed by atoms with E-state index in [0.29, 0.717) is 16.5 Å². The predicted octanol–water partition coefficient (Wildman–Crippen LogP) is 4.11. The van der Waals surface area contributed by atoms with Crippen LogP contribution in [0.5, 0.6) is 0 Å². The molecule has 0 radical (unpaired) electrons. The first-order valence-electron chi connectivity index (χ1n) is 7.83. The van der Waals surface area contributed by atoms with E-state index < -0.39 is 5.91 Å². The average molecular weight is 384 g/mol.